The monoisotopic (exact) mass is 342 g/mol. The Bertz CT molecular complexity index is 405. The molecule has 0 aliphatic carbocycles. The van der Waals surface area contributed by atoms with Gasteiger partial charge in [0, 0.05) is 48.9 Å². The van der Waals surface area contributed by atoms with Crippen LogP contribution in [0.2, 0.25) is 0 Å². The number of guanidine groups is 1. The maximum atomic E-state index is 5.57. The molecule has 0 saturated carbocycles. The van der Waals surface area contributed by atoms with E-state index in [0.29, 0.717) is 4.75 Å². The van der Waals surface area contributed by atoms with Crippen LogP contribution in [0.3, 0.4) is 0 Å². The molecule has 2 rings (SSSR count). The maximum absolute atomic E-state index is 5.57. The van der Waals surface area contributed by atoms with Gasteiger partial charge in [-0.2, -0.15) is 11.8 Å². The number of nitrogens with one attached hydrogen (secondary N) is 1. The number of hydrogen-bond donors (Lipinski definition) is 1. The molecule has 6 heteroatoms. The lowest BCUT2D eigenvalue weighted by Crippen LogP contribution is -2.53. The molecule has 0 atom stereocenters. The molecule has 0 unspecified atom stereocenters. The van der Waals surface area contributed by atoms with Crippen LogP contribution in [0, 0.1) is 0 Å². The van der Waals surface area contributed by atoms with Gasteiger partial charge in [0.1, 0.15) is 0 Å². The average molecular weight is 343 g/mol. The molecule has 0 spiro atoms. The van der Waals surface area contributed by atoms with Crippen molar-refractivity contribution < 1.29 is 4.74 Å². The zero-order chi connectivity index (χ0) is 16.9. The summed E-state index contributed by atoms with van der Waals surface area (Å²) in [6.07, 6.45) is 2.12. The lowest BCUT2D eigenvalue weighted by atomic mass is 9.89. The summed E-state index contributed by atoms with van der Waals surface area (Å²) < 4.78 is 5.87. The standard InChI is InChI=1S/C17H34N4OS/c1-6-18-15(21-9-12-23-16(2,3)14-21)19-13-17(20(4)5)7-10-22-11-8-17/h6-14H2,1-5H3,(H,18,19). The molecule has 0 aromatic rings. The molecule has 5 nitrogen and oxygen atoms in total. The predicted molar refractivity (Wildman–Crippen MR) is 101 cm³/mol. The summed E-state index contributed by atoms with van der Waals surface area (Å²) in [7, 11) is 4.35. The van der Waals surface area contributed by atoms with Crippen LogP contribution in [-0.4, -0.2) is 85.3 Å². The number of ether oxygens (including phenoxy) is 1. The fourth-order valence-corrected chi connectivity index (χ4v) is 4.45. The molecule has 0 aromatic carbocycles. The first kappa shape index (κ1) is 18.9. The summed E-state index contributed by atoms with van der Waals surface area (Å²) in [6.45, 7) is 12.4. The van der Waals surface area contributed by atoms with Crippen molar-refractivity contribution in [1.82, 2.24) is 15.1 Å². The highest BCUT2D eigenvalue weighted by molar-refractivity contribution is 8.00. The highest BCUT2D eigenvalue weighted by Gasteiger charge is 2.35. The van der Waals surface area contributed by atoms with Crippen molar-refractivity contribution >= 4 is 17.7 Å². The Morgan fingerprint density at radius 3 is 2.57 bits per heavy atom. The normalized spacial score (nSPS) is 24.8. The summed E-state index contributed by atoms with van der Waals surface area (Å²) in [6, 6.07) is 0. The molecule has 1 N–H and O–H groups in total. The van der Waals surface area contributed by atoms with E-state index in [1.54, 1.807) is 0 Å². The van der Waals surface area contributed by atoms with Crippen LogP contribution in [-0.2, 0) is 4.74 Å². The second-order valence-electron chi connectivity index (χ2n) is 7.43. The van der Waals surface area contributed by atoms with Gasteiger partial charge in [-0.3, -0.25) is 4.99 Å². The minimum Gasteiger partial charge on any atom is -0.381 e. The predicted octanol–water partition coefficient (Wildman–Crippen LogP) is 1.89. The summed E-state index contributed by atoms with van der Waals surface area (Å²) in [5, 5.41) is 3.50. The van der Waals surface area contributed by atoms with Crippen molar-refractivity contribution in [2.24, 2.45) is 4.99 Å². The second-order valence-corrected chi connectivity index (χ2v) is 9.23. The van der Waals surface area contributed by atoms with Crippen molar-refractivity contribution in [3.63, 3.8) is 0 Å². The average Bonchev–Trinajstić information content (AvgIpc) is 2.51. The van der Waals surface area contributed by atoms with E-state index in [4.69, 9.17) is 9.73 Å². The van der Waals surface area contributed by atoms with E-state index in [9.17, 15) is 0 Å². The highest BCUT2D eigenvalue weighted by Crippen LogP contribution is 2.30. The largest absolute Gasteiger partial charge is 0.381 e. The Labute approximate surface area is 146 Å². The smallest absolute Gasteiger partial charge is 0.194 e. The van der Waals surface area contributed by atoms with Gasteiger partial charge in [0.05, 0.1) is 6.54 Å². The number of aliphatic imine (C=N–C) groups is 1. The molecule has 0 amide bonds. The fourth-order valence-electron chi connectivity index (χ4n) is 3.34. The Balaban J connectivity index is 2.11. The number of thioether (sulfide) groups is 1. The summed E-state index contributed by atoms with van der Waals surface area (Å²) in [5.74, 6) is 2.25. The molecule has 2 aliphatic rings. The third kappa shape index (κ3) is 5.00. The molecule has 2 fully saturated rings. The molecule has 134 valence electrons. The van der Waals surface area contributed by atoms with E-state index >= 15 is 0 Å². The van der Waals surface area contributed by atoms with Gasteiger partial charge in [0.2, 0.25) is 0 Å². The van der Waals surface area contributed by atoms with Gasteiger partial charge in [-0.15, -0.1) is 0 Å². The summed E-state index contributed by atoms with van der Waals surface area (Å²) in [4.78, 5) is 9.82. The number of rotatable bonds is 4. The molecule has 0 aromatic heterocycles. The van der Waals surface area contributed by atoms with Crippen LogP contribution >= 0.6 is 11.8 Å². The Morgan fingerprint density at radius 2 is 2.00 bits per heavy atom. The van der Waals surface area contributed by atoms with Crippen LogP contribution in [0.15, 0.2) is 4.99 Å². The Kier molecular flexibility index (Phi) is 6.63. The van der Waals surface area contributed by atoms with E-state index in [1.165, 1.54) is 5.75 Å². The van der Waals surface area contributed by atoms with Crippen molar-refractivity contribution in [3.8, 4) is 0 Å². The zero-order valence-corrected chi connectivity index (χ0v) is 16.3. The first-order valence-corrected chi connectivity index (χ1v) is 9.79. The third-order valence-corrected chi connectivity index (χ3v) is 6.25. The van der Waals surface area contributed by atoms with E-state index in [0.717, 1.165) is 58.2 Å². The Morgan fingerprint density at radius 1 is 1.30 bits per heavy atom. The first-order valence-electron chi connectivity index (χ1n) is 8.81. The van der Waals surface area contributed by atoms with Gasteiger partial charge in [0.25, 0.3) is 0 Å². The molecule has 2 aliphatic heterocycles. The Hall–Kier alpha value is -0.460. The van der Waals surface area contributed by atoms with E-state index in [1.807, 2.05) is 0 Å². The first-order chi connectivity index (χ1) is 10.9. The van der Waals surface area contributed by atoms with Crippen LogP contribution in [0.5, 0.6) is 0 Å². The minimum absolute atomic E-state index is 0.138. The molecule has 2 heterocycles. The molecular weight excluding hydrogens is 308 g/mol. The summed E-state index contributed by atoms with van der Waals surface area (Å²) in [5.41, 5.74) is 0.138. The van der Waals surface area contributed by atoms with Crippen molar-refractivity contribution in [1.29, 1.82) is 0 Å². The SMILES string of the molecule is CCNC(=NCC1(N(C)C)CCOCC1)N1CCSC(C)(C)C1. The van der Waals surface area contributed by atoms with Crippen molar-refractivity contribution in [2.45, 2.75) is 43.9 Å². The molecule has 23 heavy (non-hydrogen) atoms. The van der Waals surface area contributed by atoms with Gasteiger partial charge in [-0.1, -0.05) is 0 Å². The van der Waals surface area contributed by atoms with Crippen LogP contribution in [0.4, 0.5) is 0 Å². The van der Waals surface area contributed by atoms with Gasteiger partial charge in [-0.25, -0.2) is 0 Å². The van der Waals surface area contributed by atoms with Crippen molar-refractivity contribution in [3.05, 3.63) is 0 Å². The summed E-state index contributed by atoms with van der Waals surface area (Å²) >= 11 is 2.06. The lowest BCUT2D eigenvalue weighted by Gasteiger charge is -2.43. The van der Waals surface area contributed by atoms with Crippen LogP contribution < -0.4 is 5.32 Å². The van der Waals surface area contributed by atoms with Gasteiger partial charge < -0.3 is 19.9 Å². The zero-order valence-electron chi connectivity index (χ0n) is 15.5. The topological polar surface area (TPSA) is 40.1 Å². The second kappa shape index (κ2) is 8.08. The maximum Gasteiger partial charge on any atom is 0.194 e. The van der Waals surface area contributed by atoms with E-state index in [2.05, 4.69) is 61.7 Å². The fraction of sp³-hybridized carbons (Fsp3) is 0.941. The molecular formula is C17H34N4OS. The number of hydrogen-bond acceptors (Lipinski definition) is 4. The minimum atomic E-state index is 0.138. The van der Waals surface area contributed by atoms with E-state index < -0.39 is 0 Å². The van der Waals surface area contributed by atoms with Crippen LogP contribution in [0.25, 0.3) is 0 Å². The number of likely N-dealkylation sites (N-methyl/N-ethyl adjacent to an activating group) is 1. The lowest BCUT2D eigenvalue weighted by molar-refractivity contribution is -0.00264. The molecule has 0 radical (unpaired) electrons. The van der Waals surface area contributed by atoms with Gasteiger partial charge >= 0.3 is 0 Å². The van der Waals surface area contributed by atoms with E-state index in [-0.39, 0.29) is 5.54 Å². The quantitative estimate of drug-likeness (QED) is 0.624. The third-order valence-electron chi connectivity index (χ3n) is 4.96. The van der Waals surface area contributed by atoms with Crippen LogP contribution in [0.1, 0.15) is 33.6 Å². The number of nitrogens with zero attached hydrogens (tertiary/aromatic N) is 3. The van der Waals surface area contributed by atoms with Gasteiger partial charge in [-0.05, 0) is 47.7 Å². The van der Waals surface area contributed by atoms with Crippen molar-refractivity contribution in [2.75, 3.05) is 59.2 Å². The highest BCUT2D eigenvalue weighted by atomic mass is 32.2. The molecule has 2 saturated heterocycles. The van der Waals surface area contributed by atoms with Gasteiger partial charge in [0.15, 0.2) is 5.96 Å². The molecule has 0 bridgehead atoms.